The van der Waals surface area contributed by atoms with E-state index in [1.165, 1.54) is 12.8 Å². The summed E-state index contributed by atoms with van der Waals surface area (Å²) < 4.78 is 11.3. The molecule has 0 aromatic rings. The van der Waals surface area contributed by atoms with Gasteiger partial charge in [0.05, 0.1) is 25.4 Å². The maximum atomic E-state index is 5.91. The van der Waals surface area contributed by atoms with Crippen LogP contribution in [-0.4, -0.2) is 38.5 Å². The maximum absolute atomic E-state index is 5.91. The molecule has 2 aliphatic rings. The first-order chi connectivity index (χ1) is 7.29. The van der Waals surface area contributed by atoms with Gasteiger partial charge >= 0.3 is 0 Å². The number of hydrogen-bond donors (Lipinski definition) is 1. The number of nitrogens with one attached hydrogen (secondary N) is 1. The molecule has 0 radical (unpaired) electrons. The van der Waals surface area contributed by atoms with Crippen molar-refractivity contribution in [3.05, 3.63) is 0 Å². The molecule has 2 aliphatic heterocycles. The zero-order chi connectivity index (χ0) is 10.7. The predicted octanol–water partition coefficient (Wildman–Crippen LogP) is 1.43. The Hall–Kier alpha value is -0.120. The Bertz CT molecular complexity index is 186. The van der Waals surface area contributed by atoms with Crippen molar-refractivity contribution in [1.29, 1.82) is 0 Å². The molecule has 15 heavy (non-hydrogen) atoms. The van der Waals surface area contributed by atoms with Crippen LogP contribution in [0.2, 0.25) is 0 Å². The molecule has 0 amide bonds. The quantitative estimate of drug-likeness (QED) is 0.749. The zero-order valence-electron chi connectivity index (χ0n) is 9.87. The molecule has 4 atom stereocenters. The van der Waals surface area contributed by atoms with Gasteiger partial charge in [0, 0.05) is 12.5 Å². The molecule has 0 aliphatic carbocycles. The van der Waals surface area contributed by atoms with Crippen molar-refractivity contribution in [1.82, 2.24) is 5.32 Å². The highest BCUT2D eigenvalue weighted by molar-refractivity contribution is 4.86. The summed E-state index contributed by atoms with van der Waals surface area (Å²) in [4.78, 5) is 0. The minimum Gasteiger partial charge on any atom is -0.378 e. The van der Waals surface area contributed by atoms with Crippen LogP contribution in [0.3, 0.4) is 0 Å². The van der Waals surface area contributed by atoms with Gasteiger partial charge in [-0.3, -0.25) is 0 Å². The van der Waals surface area contributed by atoms with E-state index in [0.717, 1.165) is 32.2 Å². The lowest BCUT2D eigenvalue weighted by molar-refractivity contribution is 0.0202. The van der Waals surface area contributed by atoms with Gasteiger partial charge in [-0.05, 0) is 18.9 Å². The fourth-order valence-electron chi connectivity index (χ4n) is 2.36. The largest absolute Gasteiger partial charge is 0.378 e. The second-order valence-corrected chi connectivity index (χ2v) is 5.00. The van der Waals surface area contributed by atoms with Crippen LogP contribution in [0.4, 0.5) is 0 Å². The maximum Gasteiger partial charge on any atom is 0.0863 e. The Labute approximate surface area is 92.5 Å². The summed E-state index contributed by atoms with van der Waals surface area (Å²) in [6, 6.07) is 0. The van der Waals surface area contributed by atoms with E-state index in [4.69, 9.17) is 9.47 Å². The van der Waals surface area contributed by atoms with Gasteiger partial charge in [0.1, 0.15) is 0 Å². The van der Waals surface area contributed by atoms with E-state index < -0.39 is 0 Å². The summed E-state index contributed by atoms with van der Waals surface area (Å²) in [6.07, 6.45) is 3.24. The standard InChI is InChI=1S/C12H23NO2/c1-3-9(2)5-13-6-11-4-10-7-14-8-12(10)15-11/h9-13H,3-8H2,1-2H3/t9?,10-,11?,12+/m1/s1. The molecule has 0 spiro atoms. The van der Waals surface area contributed by atoms with Gasteiger partial charge in [-0.15, -0.1) is 0 Å². The second-order valence-electron chi connectivity index (χ2n) is 5.00. The van der Waals surface area contributed by atoms with E-state index in [-0.39, 0.29) is 0 Å². The highest BCUT2D eigenvalue weighted by Gasteiger charge is 2.38. The van der Waals surface area contributed by atoms with Crippen LogP contribution in [0.15, 0.2) is 0 Å². The summed E-state index contributed by atoms with van der Waals surface area (Å²) in [5, 5.41) is 3.50. The average Bonchev–Trinajstić information content (AvgIpc) is 2.77. The summed E-state index contributed by atoms with van der Waals surface area (Å²) in [5.74, 6) is 1.44. The van der Waals surface area contributed by atoms with Crippen LogP contribution in [0, 0.1) is 11.8 Å². The Balaban J connectivity index is 1.61. The smallest absolute Gasteiger partial charge is 0.0863 e. The van der Waals surface area contributed by atoms with Crippen LogP contribution in [0.5, 0.6) is 0 Å². The first-order valence-electron chi connectivity index (χ1n) is 6.23. The van der Waals surface area contributed by atoms with Crippen molar-refractivity contribution in [3.63, 3.8) is 0 Å². The van der Waals surface area contributed by atoms with Crippen LogP contribution in [0.1, 0.15) is 26.7 Å². The molecule has 0 aromatic carbocycles. The topological polar surface area (TPSA) is 30.5 Å². The lowest BCUT2D eigenvalue weighted by Crippen LogP contribution is -2.30. The molecule has 0 saturated carbocycles. The van der Waals surface area contributed by atoms with Gasteiger partial charge in [0.25, 0.3) is 0 Å². The average molecular weight is 213 g/mol. The van der Waals surface area contributed by atoms with E-state index in [1.54, 1.807) is 0 Å². The van der Waals surface area contributed by atoms with Gasteiger partial charge in [-0.2, -0.15) is 0 Å². The van der Waals surface area contributed by atoms with Crippen LogP contribution < -0.4 is 5.32 Å². The zero-order valence-corrected chi connectivity index (χ0v) is 9.87. The fourth-order valence-corrected chi connectivity index (χ4v) is 2.36. The Morgan fingerprint density at radius 1 is 1.40 bits per heavy atom. The van der Waals surface area contributed by atoms with Gasteiger partial charge in [-0.1, -0.05) is 20.3 Å². The molecular weight excluding hydrogens is 190 g/mol. The number of ether oxygens (including phenoxy) is 2. The van der Waals surface area contributed by atoms with Gasteiger partial charge in [0.2, 0.25) is 0 Å². The number of hydrogen-bond acceptors (Lipinski definition) is 3. The SMILES string of the molecule is CCC(C)CNCC1C[C@@H]2COC[C@@H]2O1. The van der Waals surface area contributed by atoms with Crippen molar-refractivity contribution >= 4 is 0 Å². The molecule has 2 saturated heterocycles. The molecular formula is C12H23NO2. The van der Waals surface area contributed by atoms with E-state index in [9.17, 15) is 0 Å². The number of rotatable bonds is 5. The number of fused-ring (bicyclic) bond motifs is 1. The van der Waals surface area contributed by atoms with E-state index in [0.29, 0.717) is 18.1 Å². The molecule has 1 N–H and O–H groups in total. The normalized spacial score (nSPS) is 36.8. The van der Waals surface area contributed by atoms with Gasteiger partial charge in [-0.25, -0.2) is 0 Å². The molecule has 2 rings (SSSR count). The molecule has 88 valence electrons. The molecule has 0 aromatic heterocycles. The van der Waals surface area contributed by atoms with Gasteiger partial charge < -0.3 is 14.8 Å². The first kappa shape index (κ1) is 11.4. The van der Waals surface area contributed by atoms with Crippen molar-refractivity contribution in [3.8, 4) is 0 Å². The summed E-state index contributed by atoms with van der Waals surface area (Å²) >= 11 is 0. The lowest BCUT2D eigenvalue weighted by atomic mass is 10.0. The van der Waals surface area contributed by atoms with Crippen LogP contribution >= 0.6 is 0 Å². The fraction of sp³-hybridized carbons (Fsp3) is 1.00. The summed E-state index contributed by atoms with van der Waals surface area (Å²) in [6.45, 7) is 8.36. The minimum absolute atomic E-state index is 0.389. The van der Waals surface area contributed by atoms with Crippen molar-refractivity contribution in [2.45, 2.75) is 38.9 Å². The highest BCUT2D eigenvalue weighted by atomic mass is 16.6. The molecule has 2 fully saturated rings. The monoisotopic (exact) mass is 213 g/mol. The van der Waals surface area contributed by atoms with E-state index in [2.05, 4.69) is 19.2 Å². The highest BCUT2D eigenvalue weighted by Crippen LogP contribution is 2.30. The summed E-state index contributed by atoms with van der Waals surface area (Å²) in [5.41, 5.74) is 0. The molecule has 2 unspecified atom stereocenters. The third kappa shape index (κ3) is 2.92. The Kier molecular flexibility index (Phi) is 4.00. The van der Waals surface area contributed by atoms with E-state index in [1.807, 2.05) is 0 Å². The molecule has 2 heterocycles. The van der Waals surface area contributed by atoms with Crippen molar-refractivity contribution < 1.29 is 9.47 Å². The molecule has 3 nitrogen and oxygen atoms in total. The van der Waals surface area contributed by atoms with Crippen molar-refractivity contribution in [2.75, 3.05) is 26.3 Å². The van der Waals surface area contributed by atoms with Crippen LogP contribution in [-0.2, 0) is 9.47 Å². The third-order valence-corrected chi connectivity index (χ3v) is 3.63. The molecule has 3 heteroatoms. The minimum atomic E-state index is 0.389. The third-order valence-electron chi connectivity index (χ3n) is 3.63. The summed E-state index contributed by atoms with van der Waals surface area (Å²) in [7, 11) is 0. The first-order valence-corrected chi connectivity index (χ1v) is 6.23. The Morgan fingerprint density at radius 3 is 3.00 bits per heavy atom. The molecule has 0 bridgehead atoms. The van der Waals surface area contributed by atoms with Crippen molar-refractivity contribution in [2.24, 2.45) is 11.8 Å². The predicted molar refractivity (Wildman–Crippen MR) is 59.9 cm³/mol. The van der Waals surface area contributed by atoms with Crippen LogP contribution in [0.25, 0.3) is 0 Å². The van der Waals surface area contributed by atoms with Gasteiger partial charge in [0.15, 0.2) is 0 Å². The lowest BCUT2D eigenvalue weighted by Gasteiger charge is -2.15. The second kappa shape index (κ2) is 5.28. The Morgan fingerprint density at radius 2 is 2.27 bits per heavy atom. The van der Waals surface area contributed by atoms with E-state index >= 15 is 0 Å².